The van der Waals surface area contributed by atoms with Gasteiger partial charge in [-0.3, -0.25) is 0 Å². The number of benzene rings is 1. The number of nitrogens with one attached hydrogen (secondary N) is 1. The number of carboxylic acids is 1. The molecule has 1 aromatic rings. The molecule has 0 spiro atoms. The SMILES string of the molecule is CCN(CC1CC1)C(=O)Nc1c(C)cccc1C(=O)O. The summed E-state index contributed by atoms with van der Waals surface area (Å²) in [5.74, 6) is -0.425. The van der Waals surface area contributed by atoms with Crippen molar-refractivity contribution in [1.29, 1.82) is 0 Å². The third-order valence-corrected chi connectivity index (χ3v) is 3.58. The van der Waals surface area contributed by atoms with Crippen LogP contribution in [0, 0.1) is 12.8 Å². The van der Waals surface area contributed by atoms with Crippen LogP contribution >= 0.6 is 0 Å². The van der Waals surface area contributed by atoms with Crippen molar-refractivity contribution in [2.45, 2.75) is 26.7 Å². The van der Waals surface area contributed by atoms with E-state index in [0.29, 0.717) is 18.2 Å². The summed E-state index contributed by atoms with van der Waals surface area (Å²) in [5, 5.41) is 11.9. The molecule has 0 atom stereocenters. The molecule has 108 valence electrons. The van der Waals surface area contributed by atoms with E-state index in [1.54, 1.807) is 24.0 Å². The molecule has 0 bridgehead atoms. The lowest BCUT2D eigenvalue weighted by Gasteiger charge is -2.22. The Bertz CT molecular complexity index is 524. The molecule has 2 rings (SSSR count). The molecular weight excluding hydrogens is 256 g/mol. The normalized spacial score (nSPS) is 13.9. The summed E-state index contributed by atoms with van der Waals surface area (Å²) in [6.45, 7) is 5.09. The van der Waals surface area contributed by atoms with E-state index in [1.807, 2.05) is 6.92 Å². The molecule has 0 aliphatic heterocycles. The van der Waals surface area contributed by atoms with E-state index in [0.717, 1.165) is 12.1 Å². The molecule has 0 saturated heterocycles. The first-order valence-electron chi connectivity index (χ1n) is 6.91. The van der Waals surface area contributed by atoms with Crippen molar-refractivity contribution in [3.05, 3.63) is 29.3 Å². The van der Waals surface area contributed by atoms with Gasteiger partial charge in [-0.05, 0) is 44.2 Å². The standard InChI is InChI=1S/C15H20N2O3/c1-3-17(9-11-7-8-11)15(20)16-13-10(2)5-4-6-12(13)14(18)19/h4-6,11H,3,7-9H2,1-2H3,(H,16,20)(H,18,19). The van der Waals surface area contributed by atoms with Crippen molar-refractivity contribution in [2.24, 2.45) is 5.92 Å². The van der Waals surface area contributed by atoms with Gasteiger partial charge < -0.3 is 15.3 Å². The number of hydrogen-bond donors (Lipinski definition) is 2. The summed E-state index contributed by atoms with van der Waals surface area (Å²) in [6, 6.07) is 4.74. The molecule has 0 unspecified atom stereocenters. The molecule has 1 aliphatic rings. The monoisotopic (exact) mass is 276 g/mol. The zero-order valence-electron chi connectivity index (χ0n) is 11.8. The third kappa shape index (κ3) is 3.29. The van der Waals surface area contributed by atoms with Crippen molar-refractivity contribution < 1.29 is 14.7 Å². The second-order valence-electron chi connectivity index (χ2n) is 5.21. The zero-order chi connectivity index (χ0) is 14.7. The summed E-state index contributed by atoms with van der Waals surface area (Å²) in [7, 11) is 0. The Morgan fingerprint density at radius 2 is 2.10 bits per heavy atom. The first-order chi connectivity index (χ1) is 9.52. The first kappa shape index (κ1) is 14.4. The summed E-state index contributed by atoms with van der Waals surface area (Å²) in [5.41, 5.74) is 1.26. The number of urea groups is 1. The molecular formula is C15H20N2O3. The Hall–Kier alpha value is -2.04. The average Bonchev–Trinajstić information content (AvgIpc) is 3.21. The predicted molar refractivity (Wildman–Crippen MR) is 77.1 cm³/mol. The van der Waals surface area contributed by atoms with E-state index < -0.39 is 5.97 Å². The molecule has 1 aliphatic carbocycles. The Balaban J connectivity index is 2.15. The second-order valence-corrected chi connectivity index (χ2v) is 5.21. The van der Waals surface area contributed by atoms with Crippen LogP contribution in [0.3, 0.4) is 0 Å². The highest BCUT2D eigenvalue weighted by atomic mass is 16.4. The lowest BCUT2D eigenvalue weighted by Crippen LogP contribution is -2.36. The van der Waals surface area contributed by atoms with Crippen molar-refractivity contribution in [3.63, 3.8) is 0 Å². The molecule has 1 aromatic carbocycles. The molecule has 1 saturated carbocycles. The zero-order valence-corrected chi connectivity index (χ0v) is 11.8. The van der Waals surface area contributed by atoms with E-state index in [1.165, 1.54) is 18.9 Å². The number of aromatic carboxylic acids is 1. The van der Waals surface area contributed by atoms with Gasteiger partial charge in [0, 0.05) is 13.1 Å². The first-order valence-corrected chi connectivity index (χ1v) is 6.91. The molecule has 2 N–H and O–H groups in total. The summed E-state index contributed by atoms with van der Waals surface area (Å²) in [6.07, 6.45) is 2.35. The van der Waals surface area contributed by atoms with E-state index in [4.69, 9.17) is 0 Å². The number of carbonyl (C=O) groups excluding carboxylic acids is 1. The number of carbonyl (C=O) groups is 2. The van der Waals surface area contributed by atoms with Gasteiger partial charge in [-0.25, -0.2) is 9.59 Å². The molecule has 2 amide bonds. The van der Waals surface area contributed by atoms with Gasteiger partial charge in [0.25, 0.3) is 0 Å². The van der Waals surface area contributed by atoms with Gasteiger partial charge in [-0.2, -0.15) is 0 Å². The van der Waals surface area contributed by atoms with Crippen molar-refractivity contribution in [2.75, 3.05) is 18.4 Å². The van der Waals surface area contributed by atoms with Crippen LogP contribution in [0.15, 0.2) is 18.2 Å². The molecule has 1 fully saturated rings. The maximum Gasteiger partial charge on any atom is 0.337 e. The van der Waals surface area contributed by atoms with Crippen LogP contribution in [-0.4, -0.2) is 35.1 Å². The van der Waals surface area contributed by atoms with E-state index in [9.17, 15) is 14.7 Å². The fourth-order valence-electron chi connectivity index (χ4n) is 2.17. The topological polar surface area (TPSA) is 69.6 Å². The Morgan fingerprint density at radius 3 is 2.65 bits per heavy atom. The lowest BCUT2D eigenvalue weighted by molar-refractivity contribution is 0.0698. The second kappa shape index (κ2) is 5.94. The molecule has 5 heteroatoms. The molecule has 20 heavy (non-hydrogen) atoms. The number of aryl methyl sites for hydroxylation is 1. The summed E-state index contributed by atoms with van der Waals surface area (Å²) >= 11 is 0. The smallest absolute Gasteiger partial charge is 0.337 e. The number of anilines is 1. The third-order valence-electron chi connectivity index (χ3n) is 3.58. The van der Waals surface area contributed by atoms with Gasteiger partial charge in [0.1, 0.15) is 0 Å². The fraction of sp³-hybridized carbons (Fsp3) is 0.467. The minimum Gasteiger partial charge on any atom is -0.478 e. The predicted octanol–water partition coefficient (Wildman–Crippen LogP) is 2.96. The number of para-hydroxylation sites is 1. The highest BCUT2D eigenvalue weighted by Gasteiger charge is 2.26. The van der Waals surface area contributed by atoms with Gasteiger partial charge >= 0.3 is 12.0 Å². The Labute approximate surface area is 118 Å². The Morgan fingerprint density at radius 1 is 1.40 bits per heavy atom. The molecule has 0 heterocycles. The molecule has 0 aromatic heterocycles. The minimum atomic E-state index is -1.03. The summed E-state index contributed by atoms with van der Waals surface area (Å²) < 4.78 is 0. The maximum absolute atomic E-state index is 12.3. The van der Waals surface area contributed by atoms with Crippen LogP contribution in [0.25, 0.3) is 0 Å². The van der Waals surface area contributed by atoms with Gasteiger partial charge in [0.15, 0.2) is 0 Å². The van der Waals surface area contributed by atoms with Gasteiger partial charge in [0.05, 0.1) is 11.3 Å². The molecule has 5 nitrogen and oxygen atoms in total. The highest BCUT2D eigenvalue weighted by Crippen LogP contribution is 2.30. The van der Waals surface area contributed by atoms with E-state index in [2.05, 4.69) is 5.32 Å². The van der Waals surface area contributed by atoms with E-state index in [-0.39, 0.29) is 11.6 Å². The maximum atomic E-state index is 12.3. The number of rotatable bonds is 5. The highest BCUT2D eigenvalue weighted by molar-refractivity contribution is 6.01. The van der Waals surface area contributed by atoms with Crippen LogP contribution in [0.4, 0.5) is 10.5 Å². The minimum absolute atomic E-state index is 0.126. The van der Waals surface area contributed by atoms with Crippen LogP contribution in [0.1, 0.15) is 35.7 Å². The number of hydrogen-bond acceptors (Lipinski definition) is 2. The van der Waals surface area contributed by atoms with Crippen LogP contribution in [0.2, 0.25) is 0 Å². The van der Waals surface area contributed by atoms with Crippen LogP contribution < -0.4 is 5.32 Å². The lowest BCUT2D eigenvalue weighted by atomic mass is 10.1. The number of amides is 2. The van der Waals surface area contributed by atoms with Gasteiger partial charge in [-0.15, -0.1) is 0 Å². The van der Waals surface area contributed by atoms with Crippen molar-refractivity contribution in [3.8, 4) is 0 Å². The quantitative estimate of drug-likeness (QED) is 0.868. The van der Waals surface area contributed by atoms with Gasteiger partial charge in [-0.1, -0.05) is 12.1 Å². The average molecular weight is 276 g/mol. The number of nitrogens with zero attached hydrogens (tertiary/aromatic N) is 1. The summed E-state index contributed by atoms with van der Waals surface area (Å²) in [4.78, 5) is 25.2. The fourth-order valence-corrected chi connectivity index (χ4v) is 2.17. The van der Waals surface area contributed by atoms with E-state index >= 15 is 0 Å². The van der Waals surface area contributed by atoms with Crippen molar-refractivity contribution >= 4 is 17.7 Å². The molecule has 0 radical (unpaired) electrons. The van der Waals surface area contributed by atoms with Gasteiger partial charge in [0.2, 0.25) is 0 Å². The van der Waals surface area contributed by atoms with Crippen molar-refractivity contribution in [1.82, 2.24) is 4.90 Å². The van der Waals surface area contributed by atoms with Crippen LogP contribution in [-0.2, 0) is 0 Å². The number of carboxylic acid groups (broad SMARTS) is 1. The largest absolute Gasteiger partial charge is 0.478 e. The van der Waals surface area contributed by atoms with Crippen LogP contribution in [0.5, 0.6) is 0 Å². The Kier molecular flexibility index (Phi) is 4.27.